The number of alkyl halides is 1. The lowest BCUT2D eigenvalue weighted by molar-refractivity contribution is -0.129. The van der Waals surface area contributed by atoms with Gasteiger partial charge >= 0.3 is 0 Å². The first-order valence-electron chi connectivity index (χ1n) is 7.49. The Kier molecular flexibility index (Phi) is 6.64. The third kappa shape index (κ3) is 5.25. The van der Waals surface area contributed by atoms with Gasteiger partial charge in [-0.15, -0.1) is 11.6 Å². The molecule has 0 aliphatic carbocycles. The highest BCUT2D eigenvalue weighted by Crippen LogP contribution is 2.15. The van der Waals surface area contributed by atoms with Crippen molar-refractivity contribution >= 4 is 35.0 Å². The lowest BCUT2D eigenvalue weighted by Gasteiger charge is -2.19. The van der Waals surface area contributed by atoms with E-state index in [0.29, 0.717) is 17.1 Å². The number of hydrogen-bond donors (Lipinski definition) is 2. The second-order valence-corrected chi connectivity index (χ2v) is 6.40. The van der Waals surface area contributed by atoms with Crippen LogP contribution in [0.15, 0.2) is 54.6 Å². The fourth-order valence-corrected chi connectivity index (χ4v) is 2.29. The number of carbonyl (C=O) groups is 2. The van der Waals surface area contributed by atoms with E-state index >= 15 is 0 Å². The molecule has 4 nitrogen and oxygen atoms in total. The van der Waals surface area contributed by atoms with Crippen LogP contribution in [0.4, 0.5) is 0 Å². The maximum Gasteiger partial charge on any atom is 0.247 e. The quantitative estimate of drug-likeness (QED) is 0.771. The maximum atomic E-state index is 12.5. The van der Waals surface area contributed by atoms with Crippen molar-refractivity contribution < 1.29 is 9.59 Å². The number of hydrogen-bond acceptors (Lipinski definition) is 2. The van der Waals surface area contributed by atoms with Crippen LogP contribution in [-0.4, -0.2) is 17.2 Å². The number of halogens is 2. The highest BCUT2D eigenvalue weighted by molar-refractivity contribution is 6.30. The van der Waals surface area contributed by atoms with Gasteiger partial charge in [-0.2, -0.15) is 0 Å². The van der Waals surface area contributed by atoms with Crippen molar-refractivity contribution in [2.24, 2.45) is 0 Å². The summed E-state index contributed by atoms with van der Waals surface area (Å²) in [5.41, 5.74) is 1.60. The molecule has 2 amide bonds. The predicted octanol–water partition coefficient (Wildman–Crippen LogP) is 3.44. The van der Waals surface area contributed by atoms with Gasteiger partial charge in [-0.3, -0.25) is 9.59 Å². The molecule has 24 heavy (non-hydrogen) atoms. The molecule has 0 aliphatic rings. The minimum absolute atomic E-state index is 0.304. The van der Waals surface area contributed by atoms with E-state index in [1.165, 1.54) is 0 Å². The van der Waals surface area contributed by atoms with E-state index in [-0.39, 0.29) is 5.91 Å². The Labute approximate surface area is 151 Å². The van der Waals surface area contributed by atoms with Gasteiger partial charge in [0.25, 0.3) is 0 Å². The van der Waals surface area contributed by atoms with Gasteiger partial charge in [-0.25, -0.2) is 0 Å². The summed E-state index contributed by atoms with van der Waals surface area (Å²) in [6.45, 7) is 1.90. The average Bonchev–Trinajstić information content (AvgIpc) is 2.59. The van der Waals surface area contributed by atoms with Crippen molar-refractivity contribution in [3.8, 4) is 0 Å². The van der Waals surface area contributed by atoms with Crippen LogP contribution in [0.2, 0.25) is 5.02 Å². The molecule has 6 heteroatoms. The number of amides is 2. The molecule has 0 saturated carbocycles. The molecular weight excluding hydrogens is 347 g/mol. The van der Waals surface area contributed by atoms with Crippen LogP contribution >= 0.6 is 23.2 Å². The summed E-state index contributed by atoms with van der Waals surface area (Å²) in [5, 5.41) is 5.41. The van der Waals surface area contributed by atoms with Crippen LogP contribution in [0, 0.1) is 0 Å². The monoisotopic (exact) mass is 364 g/mol. The second kappa shape index (κ2) is 8.71. The van der Waals surface area contributed by atoms with Crippen molar-refractivity contribution in [1.82, 2.24) is 10.6 Å². The predicted molar refractivity (Wildman–Crippen MR) is 95.9 cm³/mol. The Bertz CT molecular complexity index is 688. The molecule has 2 N–H and O–H groups in total. The first kappa shape index (κ1) is 18.3. The van der Waals surface area contributed by atoms with Gasteiger partial charge in [-0.05, 0) is 30.2 Å². The Morgan fingerprint density at radius 1 is 1.00 bits per heavy atom. The van der Waals surface area contributed by atoms with Gasteiger partial charge in [0.1, 0.15) is 11.4 Å². The molecule has 2 rings (SSSR count). The topological polar surface area (TPSA) is 58.2 Å². The van der Waals surface area contributed by atoms with Crippen molar-refractivity contribution in [3.05, 3.63) is 70.7 Å². The normalized spacial score (nSPS) is 13.0. The molecule has 2 aromatic carbocycles. The summed E-state index contributed by atoms with van der Waals surface area (Å²) >= 11 is 11.6. The van der Waals surface area contributed by atoms with Gasteiger partial charge < -0.3 is 10.6 Å². The van der Waals surface area contributed by atoms with Gasteiger partial charge in [0.15, 0.2) is 0 Å². The molecule has 0 bridgehead atoms. The van der Waals surface area contributed by atoms with Crippen molar-refractivity contribution in [1.29, 1.82) is 0 Å². The molecule has 0 fully saturated rings. The van der Waals surface area contributed by atoms with E-state index in [0.717, 1.165) is 5.56 Å². The van der Waals surface area contributed by atoms with Crippen LogP contribution in [0.1, 0.15) is 24.1 Å². The standard InChI is InChI=1S/C18H18Cl2N2O2/c1-12(19)17(23)22-16(14-5-3-2-4-6-14)18(24)21-11-13-7-9-15(20)10-8-13/h2-10,12,16H,11H2,1H3,(H,21,24)(H,22,23). The van der Waals surface area contributed by atoms with Gasteiger partial charge in [0.2, 0.25) is 11.8 Å². The largest absolute Gasteiger partial charge is 0.350 e. The van der Waals surface area contributed by atoms with Crippen LogP contribution in [0.3, 0.4) is 0 Å². The third-order valence-electron chi connectivity index (χ3n) is 3.42. The molecule has 126 valence electrons. The number of rotatable bonds is 6. The Hall–Kier alpha value is -2.04. The summed E-state index contributed by atoms with van der Waals surface area (Å²) in [6.07, 6.45) is 0. The van der Waals surface area contributed by atoms with E-state index in [2.05, 4.69) is 10.6 Å². The van der Waals surface area contributed by atoms with Gasteiger partial charge in [0, 0.05) is 11.6 Å². The zero-order valence-corrected chi connectivity index (χ0v) is 14.6. The van der Waals surface area contributed by atoms with Crippen molar-refractivity contribution in [3.63, 3.8) is 0 Å². The van der Waals surface area contributed by atoms with E-state index in [9.17, 15) is 9.59 Å². The second-order valence-electron chi connectivity index (χ2n) is 5.31. The zero-order chi connectivity index (χ0) is 17.5. The molecular formula is C18H18Cl2N2O2. The van der Waals surface area contributed by atoms with Crippen molar-refractivity contribution in [2.75, 3.05) is 0 Å². The molecule has 0 radical (unpaired) electrons. The zero-order valence-electron chi connectivity index (χ0n) is 13.1. The lowest BCUT2D eigenvalue weighted by Crippen LogP contribution is -2.42. The minimum atomic E-state index is -0.799. The van der Waals surface area contributed by atoms with E-state index in [4.69, 9.17) is 23.2 Å². The van der Waals surface area contributed by atoms with Crippen LogP contribution in [-0.2, 0) is 16.1 Å². The van der Waals surface area contributed by atoms with Crippen molar-refractivity contribution in [2.45, 2.75) is 24.9 Å². The molecule has 0 aromatic heterocycles. The maximum absolute atomic E-state index is 12.5. The SMILES string of the molecule is CC(Cl)C(=O)NC(C(=O)NCc1ccc(Cl)cc1)c1ccccc1. The van der Waals surface area contributed by atoms with Crippen LogP contribution < -0.4 is 10.6 Å². The summed E-state index contributed by atoms with van der Waals surface area (Å²) < 4.78 is 0. The fraction of sp³-hybridized carbons (Fsp3) is 0.222. The Morgan fingerprint density at radius 3 is 2.21 bits per heavy atom. The molecule has 2 aromatic rings. The Balaban J connectivity index is 2.09. The molecule has 2 atom stereocenters. The summed E-state index contributed by atoms with van der Waals surface area (Å²) in [7, 11) is 0. The minimum Gasteiger partial charge on any atom is -0.350 e. The summed E-state index contributed by atoms with van der Waals surface area (Å²) in [5.74, 6) is -0.700. The average molecular weight is 365 g/mol. The number of carbonyl (C=O) groups excluding carboxylic acids is 2. The number of benzene rings is 2. The fourth-order valence-electron chi connectivity index (χ4n) is 2.10. The molecule has 0 heterocycles. The first-order valence-corrected chi connectivity index (χ1v) is 8.30. The van der Waals surface area contributed by atoms with E-state index in [1.807, 2.05) is 30.3 Å². The van der Waals surface area contributed by atoms with E-state index in [1.54, 1.807) is 31.2 Å². The van der Waals surface area contributed by atoms with Gasteiger partial charge in [-0.1, -0.05) is 54.1 Å². The van der Waals surface area contributed by atoms with Crippen LogP contribution in [0.25, 0.3) is 0 Å². The summed E-state index contributed by atoms with van der Waals surface area (Å²) in [6, 6.07) is 15.4. The Morgan fingerprint density at radius 2 is 1.62 bits per heavy atom. The first-order chi connectivity index (χ1) is 11.5. The molecule has 0 saturated heterocycles. The lowest BCUT2D eigenvalue weighted by atomic mass is 10.1. The highest BCUT2D eigenvalue weighted by atomic mass is 35.5. The summed E-state index contributed by atoms with van der Waals surface area (Å²) in [4.78, 5) is 24.5. The molecule has 0 aliphatic heterocycles. The van der Waals surface area contributed by atoms with Gasteiger partial charge in [0.05, 0.1) is 0 Å². The molecule has 0 spiro atoms. The smallest absolute Gasteiger partial charge is 0.247 e. The van der Waals surface area contributed by atoms with Crippen LogP contribution in [0.5, 0.6) is 0 Å². The molecule has 2 unspecified atom stereocenters. The van der Waals surface area contributed by atoms with E-state index < -0.39 is 17.3 Å². The number of nitrogens with one attached hydrogen (secondary N) is 2. The third-order valence-corrected chi connectivity index (χ3v) is 3.87. The highest BCUT2D eigenvalue weighted by Gasteiger charge is 2.24.